The molecule has 1 aliphatic rings. The van der Waals surface area contributed by atoms with E-state index in [0.717, 1.165) is 44.5 Å². The molecule has 1 atom stereocenters. The summed E-state index contributed by atoms with van der Waals surface area (Å²) < 4.78 is 26.8. The predicted octanol–water partition coefficient (Wildman–Crippen LogP) is 2.51. The van der Waals surface area contributed by atoms with E-state index in [1.54, 1.807) is 0 Å². The second-order valence-corrected chi connectivity index (χ2v) is 5.43. The van der Waals surface area contributed by atoms with Crippen molar-refractivity contribution < 1.29 is 8.78 Å². The summed E-state index contributed by atoms with van der Waals surface area (Å²) in [5.41, 5.74) is 0.459. The van der Waals surface area contributed by atoms with Crippen LogP contribution in [-0.2, 0) is 0 Å². The average molecular weight is 310 g/mol. The van der Waals surface area contributed by atoms with Gasteiger partial charge in [-0.05, 0) is 31.9 Å². The van der Waals surface area contributed by atoms with Crippen LogP contribution in [0.5, 0.6) is 0 Å². The number of nitrogens with zero attached hydrogens (tertiary/aromatic N) is 2. The highest BCUT2D eigenvalue weighted by atomic mass is 19.1. The third-order valence-corrected chi connectivity index (χ3v) is 3.62. The Kier molecular flexibility index (Phi) is 5.98. The molecule has 2 rings (SSSR count). The van der Waals surface area contributed by atoms with Crippen molar-refractivity contribution in [2.45, 2.75) is 32.7 Å². The van der Waals surface area contributed by atoms with Crippen molar-refractivity contribution in [1.29, 1.82) is 0 Å². The summed E-state index contributed by atoms with van der Waals surface area (Å²) in [5.74, 6) is -0.251. The summed E-state index contributed by atoms with van der Waals surface area (Å²) in [6, 6.07) is 3.94. The molecular formula is C16H24F2N4. The zero-order valence-electron chi connectivity index (χ0n) is 13.2. The number of halogens is 2. The van der Waals surface area contributed by atoms with Crippen molar-refractivity contribution in [3.05, 3.63) is 29.8 Å². The molecule has 1 aliphatic heterocycles. The Bertz CT molecular complexity index is 519. The zero-order chi connectivity index (χ0) is 15.9. The first kappa shape index (κ1) is 16.5. The number of hydrogen-bond donors (Lipinski definition) is 2. The molecule has 1 fully saturated rings. The van der Waals surface area contributed by atoms with E-state index in [-0.39, 0.29) is 6.04 Å². The highest BCUT2D eigenvalue weighted by molar-refractivity contribution is 5.80. The van der Waals surface area contributed by atoms with Crippen molar-refractivity contribution in [3.8, 4) is 0 Å². The highest BCUT2D eigenvalue weighted by Gasteiger charge is 2.25. The lowest BCUT2D eigenvalue weighted by molar-refractivity contribution is 0.580. The van der Waals surface area contributed by atoms with Gasteiger partial charge in [0.1, 0.15) is 11.6 Å². The molecule has 0 saturated carbocycles. The molecular weight excluding hydrogens is 286 g/mol. The fourth-order valence-electron chi connectivity index (χ4n) is 2.57. The SMILES string of the molecule is CCCN=C(NCC)NC1CCN(c2ccc(F)cc2F)C1. The van der Waals surface area contributed by atoms with Gasteiger partial charge in [-0.15, -0.1) is 0 Å². The number of nitrogens with one attached hydrogen (secondary N) is 2. The number of hydrogen-bond acceptors (Lipinski definition) is 2. The van der Waals surface area contributed by atoms with Gasteiger partial charge in [0.25, 0.3) is 0 Å². The molecule has 6 heteroatoms. The van der Waals surface area contributed by atoms with E-state index in [0.29, 0.717) is 12.2 Å². The lowest BCUT2D eigenvalue weighted by atomic mass is 10.2. The van der Waals surface area contributed by atoms with Crippen molar-refractivity contribution in [2.75, 3.05) is 31.1 Å². The maximum atomic E-state index is 13.8. The van der Waals surface area contributed by atoms with Gasteiger partial charge in [0.15, 0.2) is 5.96 Å². The van der Waals surface area contributed by atoms with Crippen molar-refractivity contribution in [3.63, 3.8) is 0 Å². The molecule has 0 bridgehead atoms. The van der Waals surface area contributed by atoms with Gasteiger partial charge in [0.2, 0.25) is 0 Å². The van der Waals surface area contributed by atoms with E-state index in [2.05, 4.69) is 22.5 Å². The minimum absolute atomic E-state index is 0.208. The van der Waals surface area contributed by atoms with Gasteiger partial charge < -0.3 is 15.5 Å². The van der Waals surface area contributed by atoms with E-state index < -0.39 is 11.6 Å². The third kappa shape index (κ3) is 4.32. The Hall–Kier alpha value is -1.85. The number of benzene rings is 1. The van der Waals surface area contributed by atoms with Gasteiger partial charge in [0.05, 0.1) is 5.69 Å². The molecule has 0 aliphatic carbocycles. The predicted molar refractivity (Wildman–Crippen MR) is 86.4 cm³/mol. The average Bonchev–Trinajstić information content (AvgIpc) is 2.93. The van der Waals surface area contributed by atoms with Crippen molar-refractivity contribution in [1.82, 2.24) is 10.6 Å². The first-order valence-corrected chi connectivity index (χ1v) is 7.88. The largest absolute Gasteiger partial charge is 0.367 e. The van der Waals surface area contributed by atoms with Crippen LogP contribution in [0.1, 0.15) is 26.7 Å². The lowest BCUT2D eigenvalue weighted by Crippen LogP contribution is -2.44. The Morgan fingerprint density at radius 3 is 2.86 bits per heavy atom. The molecule has 4 nitrogen and oxygen atoms in total. The Morgan fingerprint density at radius 2 is 2.18 bits per heavy atom. The maximum Gasteiger partial charge on any atom is 0.191 e. The molecule has 122 valence electrons. The molecule has 2 N–H and O–H groups in total. The molecule has 0 amide bonds. The minimum atomic E-state index is -0.545. The molecule has 1 heterocycles. The van der Waals surface area contributed by atoms with Crippen LogP contribution in [0.25, 0.3) is 0 Å². The summed E-state index contributed by atoms with van der Waals surface area (Å²) in [6.07, 6.45) is 1.89. The standard InChI is InChI=1S/C16H24F2N4/c1-3-8-20-16(19-4-2)21-13-7-9-22(11-13)15-6-5-12(17)10-14(15)18/h5-6,10,13H,3-4,7-9,11H2,1-2H3,(H2,19,20,21). The highest BCUT2D eigenvalue weighted by Crippen LogP contribution is 2.24. The van der Waals surface area contributed by atoms with Crippen LogP contribution in [0.3, 0.4) is 0 Å². The molecule has 0 aromatic heterocycles. The van der Waals surface area contributed by atoms with Gasteiger partial charge in [-0.25, -0.2) is 8.78 Å². The van der Waals surface area contributed by atoms with E-state index >= 15 is 0 Å². The van der Waals surface area contributed by atoms with Crippen LogP contribution >= 0.6 is 0 Å². The molecule has 1 unspecified atom stereocenters. The first-order chi connectivity index (χ1) is 10.6. The molecule has 0 spiro atoms. The third-order valence-electron chi connectivity index (χ3n) is 3.62. The van der Waals surface area contributed by atoms with Crippen LogP contribution in [-0.4, -0.2) is 38.2 Å². The fraction of sp³-hybridized carbons (Fsp3) is 0.562. The van der Waals surface area contributed by atoms with Crippen LogP contribution in [0.4, 0.5) is 14.5 Å². The van der Waals surface area contributed by atoms with E-state index in [9.17, 15) is 8.78 Å². The smallest absolute Gasteiger partial charge is 0.191 e. The Labute approximate surface area is 130 Å². The van der Waals surface area contributed by atoms with Crippen LogP contribution < -0.4 is 15.5 Å². The van der Waals surface area contributed by atoms with E-state index in [1.807, 2.05) is 11.8 Å². The van der Waals surface area contributed by atoms with Gasteiger partial charge in [-0.1, -0.05) is 6.92 Å². The maximum absolute atomic E-state index is 13.8. The van der Waals surface area contributed by atoms with Crippen molar-refractivity contribution in [2.24, 2.45) is 4.99 Å². The summed E-state index contributed by atoms with van der Waals surface area (Å²) in [7, 11) is 0. The zero-order valence-corrected chi connectivity index (χ0v) is 13.2. The molecule has 1 aromatic carbocycles. The van der Waals surface area contributed by atoms with Crippen LogP contribution in [0, 0.1) is 11.6 Å². The number of rotatable bonds is 5. The number of anilines is 1. The van der Waals surface area contributed by atoms with Crippen LogP contribution in [0.15, 0.2) is 23.2 Å². The topological polar surface area (TPSA) is 39.7 Å². The molecule has 1 saturated heterocycles. The monoisotopic (exact) mass is 310 g/mol. The van der Waals surface area contributed by atoms with E-state index in [4.69, 9.17) is 0 Å². The second kappa shape index (κ2) is 7.96. The second-order valence-electron chi connectivity index (χ2n) is 5.43. The summed E-state index contributed by atoms with van der Waals surface area (Å²) >= 11 is 0. The fourth-order valence-corrected chi connectivity index (χ4v) is 2.57. The Balaban J connectivity index is 1.96. The van der Waals surface area contributed by atoms with Crippen LogP contribution in [0.2, 0.25) is 0 Å². The van der Waals surface area contributed by atoms with Gasteiger partial charge in [-0.2, -0.15) is 0 Å². The summed E-state index contributed by atoms with van der Waals surface area (Å²) in [4.78, 5) is 6.41. The molecule has 0 radical (unpaired) electrons. The first-order valence-electron chi connectivity index (χ1n) is 7.88. The Morgan fingerprint density at radius 1 is 1.36 bits per heavy atom. The van der Waals surface area contributed by atoms with Gasteiger partial charge in [0, 0.05) is 38.3 Å². The quantitative estimate of drug-likeness (QED) is 0.648. The minimum Gasteiger partial charge on any atom is -0.367 e. The number of guanidine groups is 1. The molecule has 1 aromatic rings. The summed E-state index contributed by atoms with van der Waals surface area (Å²) in [5, 5.41) is 6.60. The van der Waals surface area contributed by atoms with Gasteiger partial charge >= 0.3 is 0 Å². The summed E-state index contributed by atoms with van der Waals surface area (Å²) in [6.45, 7) is 7.11. The van der Waals surface area contributed by atoms with Gasteiger partial charge in [-0.3, -0.25) is 4.99 Å². The van der Waals surface area contributed by atoms with Crippen molar-refractivity contribution >= 4 is 11.6 Å². The number of aliphatic imine (C=N–C) groups is 1. The van der Waals surface area contributed by atoms with E-state index in [1.165, 1.54) is 12.1 Å². The normalized spacial score (nSPS) is 18.6. The molecule has 22 heavy (non-hydrogen) atoms. The lowest BCUT2D eigenvalue weighted by Gasteiger charge is -2.21.